The number of ether oxygens (including phenoxy) is 1. The molecule has 0 radical (unpaired) electrons. The van der Waals surface area contributed by atoms with Crippen LogP contribution >= 0.6 is 11.6 Å². The smallest absolute Gasteiger partial charge is 0.340 e. The summed E-state index contributed by atoms with van der Waals surface area (Å²) in [5.41, 5.74) is 0.528. The number of hydrogen-bond acceptors (Lipinski definition) is 3. The maximum absolute atomic E-state index is 11.6. The molecule has 2 aromatic rings. The predicted molar refractivity (Wildman–Crippen MR) is 61.6 cm³/mol. The number of esters is 1. The Kier molecular flexibility index (Phi) is 2.77. The number of methoxy groups -OCH3 is 1. The Balaban J connectivity index is 2.84. The van der Waals surface area contributed by atoms with Crippen LogP contribution < -0.4 is 0 Å². The van der Waals surface area contributed by atoms with E-state index in [9.17, 15) is 9.59 Å². The van der Waals surface area contributed by atoms with Crippen LogP contribution in [0.25, 0.3) is 10.9 Å². The normalized spacial score (nSPS) is 10.5. The van der Waals surface area contributed by atoms with Crippen LogP contribution in [0, 0.1) is 0 Å². The molecular formula is C11H8ClNO4. The highest BCUT2D eigenvalue weighted by Crippen LogP contribution is 2.29. The number of carbonyl (C=O) groups excluding carboxylic acids is 1. The average molecular weight is 254 g/mol. The van der Waals surface area contributed by atoms with Gasteiger partial charge in [-0.3, -0.25) is 0 Å². The molecule has 1 heterocycles. The van der Waals surface area contributed by atoms with Gasteiger partial charge in [0.05, 0.1) is 28.8 Å². The number of rotatable bonds is 2. The highest BCUT2D eigenvalue weighted by atomic mass is 35.5. The molecule has 1 aromatic carbocycles. The second-order valence-electron chi connectivity index (χ2n) is 3.34. The first-order valence-corrected chi connectivity index (χ1v) is 5.05. The number of hydrogen-bond donors (Lipinski definition) is 2. The van der Waals surface area contributed by atoms with Gasteiger partial charge < -0.3 is 14.8 Å². The fraction of sp³-hybridized carbons (Fsp3) is 0.0909. The van der Waals surface area contributed by atoms with Gasteiger partial charge in [0.1, 0.15) is 0 Å². The van der Waals surface area contributed by atoms with E-state index in [-0.39, 0.29) is 16.1 Å². The molecule has 0 bridgehead atoms. The maximum atomic E-state index is 11.6. The van der Waals surface area contributed by atoms with Gasteiger partial charge >= 0.3 is 11.9 Å². The molecule has 0 amide bonds. The first-order valence-electron chi connectivity index (χ1n) is 4.67. The van der Waals surface area contributed by atoms with Crippen LogP contribution in [0.15, 0.2) is 18.3 Å². The first-order chi connectivity index (χ1) is 8.06. The quantitative estimate of drug-likeness (QED) is 0.805. The number of aromatic carboxylic acids is 1. The standard InChI is InChI=1S/C11H8ClNO4/c1-17-11(16)8-5-2-3-13-9(5)6(10(14)15)4-7(8)12/h2-4,13H,1H3,(H,14,15). The van der Waals surface area contributed by atoms with Crippen molar-refractivity contribution in [1.82, 2.24) is 4.98 Å². The molecule has 2 rings (SSSR count). The second-order valence-corrected chi connectivity index (χ2v) is 3.75. The van der Waals surface area contributed by atoms with E-state index in [2.05, 4.69) is 9.72 Å². The molecule has 0 saturated heterocycles. The Labute approximate surface area is 101 Å². The fourth-order valence-corrected chi connectivity index (χ4v) is 1.97. The van der Waals surface area contributed by atoms with Crippen molar-refractivity contribution in [1.29, 1.82) is 0 Å². The molecule has 0 fully saturated rings. The lowest BCUT2D eigenvalue weighted by Crippen LogP contribution is -2.06. The summed E-state index contributed by atoms with van der Waals surface area (Å²) in [6.45, 7) is 0. The number of halogens is 1. The minimum atomic E-state index is -1.12. The summed E-state index contributed by atoms with van der Waals surface area (Å²) in [6, 6.07) is 2.81. The van der Waals surface area contributed by atoms with E-state index in [1.165, 1.54) is 13.2 Å². The third kappa shape index (κ3) is 1.74. The summed E-state index contributed by atoms with van der Waals surface area (Å²) < 4.78 is 4.61. The Hall–Kier alpha value is -2.01. The zero-order valence-electron chi connectivity index (χ0n) is 8.78. The Morgan fingerprint density at radius 2 is 2.18 bits per heavy atom. The molecule has 0 aliphatic rings. The average Bonchev–Trinajstić information content (AvgIpc) is 2.75. The van der Waals surface area contributed by atoms with E-state index in [1.54, 1.807) is 12.3 Å². The monoisotopic (exact) mass is 253 g/mol. The van der Waals surface area contributed by atoms with Crippen LogP contribution in [-0.2, 0) is 4.74 Å². The number of H-pyrrole nitrogens is 1. The van der Waals surface area contributed by atoms with E-state index in [1.807, 2.05) is 0 Å². The fourth-order valence-electron chi connectivity index (χ4n) is 1.68. The van der Waals surface area contributed by atoms with Gasteiger partial charge in [-0.1, -0.05) is 11.6 Å². The van der Waals surface area contributed by atoms with Crippen LogP contribution in [0.2, 0.25) is 5.02 Å². The molecule has 0 saturated carbocycles. The lowest BCUT2D eigenvalue weighted by atomic mass is 10.1. The molecule has 5 nitrogen and oxygen atoms in total. The highest BCUT2D eigenvalue weighted by molar-refractivity contribution is 6.36. The molecule has 2 N–H and O–H groups in total. The number of aromatic nitrogens is 1. The van der Waals surface area contributed by atoms with Crippen LogP contribution in [0.1, 0.15) is 20.7 Å². The van der Waals surface area contributed by atoms with Gasteiger partial charge in [-0.05, 0) is 12.1 Å². The van der Waals surface area contributed by atoms with Crippen molar-refractivity contribution in [3.63, 3.8) is 0 Å². The number of aromatic amines is 1. The van der Waals surface area contributed by atoms with Gasteiger partial charge in [0.2, 0.25) is 0 Å². The van der Waals surface area contributed by atoms with E-state index in [0.29, 0.717) is 10.9 Å². The van der Waals surface area contributed by atoms with Crippen LogP contribution in [0.3, 0.4) is 0 Å². The van der Waals surface area contributed by atoms with Gasteiger partial charge in [-0.15, -0.1) is 0 Å². The van der Waals surface area contributed by atoms with Gasteiger partial charge in [0.25, 0.3) is 0 Å². The van der Waals surface area contributed by atoms with Crippen LogP contribution in [0.4, 0.5) is 0 Å². The van der Waals surface area contributed by atoms with E-state index >= 15 is 0 Å². The topological polar surface area (TPSA) is 79.4 Å². The van der Waals surface area contributed by atoms with Crippen molar-refractivity contribution in [3.8, 4) is 0 Å². The zero-order valence-corrected chi connectivity index (χ0v) is 9.54. The third-order valence-corrected chi connectivity index (χ3v) is 2.71. The summed E-state index contributed by atoms with van der Waals surface area (Å²) >= 11 is 5.90. The lowest BCUT2D eigenvalue weighted by molar-refractivity contribution is 0.0601. The maximum Gasteiger partial charge on any atom is 0.340 e. The number of carboxylic acid groups (broad SMARTS) is 1. The number of carbonyl (C=O) groups is 2. The number of benzene rings is 1. The minimum absolute atomic E-state index is 0.0163. The van der Waals surface area contributed by atoms with Crippen molar-refractivity contribution in [3.05, 3.63) is 34.5 Å². The number of carboxylic acids is 1. The van der Waals surface area contributed by atoms with Gasteiger partial charge in [-0.2, -0.15) is 0 Å². The Morgan fingerprint density at radius 3 is 2.76 bits per heavy atom. The van der Waals surface area contributed by atoms with Crippen molar-refractivity contribution < 1.29 is 19.4 Å². The highest BCUT2D eigenvalue weighted by Gasteiger charge is 2.20. The van der Waals surface area contributed by atoms with Gasteiger partial charge in [-0.25, -0.2) is 9.59 Å². The zero-order chi connectivity index (χ0) is 12.6. The summed E-state index contributed by atoms with van der Waals surface area (Å²) in [4.78, 5) is 25.3. The second kappa shape index (κ2) is 4.10. The largest absolute Gasteiger partial charge is 0.478 e. The molecule has 88 valence electrons. The Morgan fingerprint density at radius 1 is 1.47 bits per heavy atom. The lowest BCUT2D eigenvalue weighted by Gasteiger charge is -2.06. The number of nitrogens with one attached hydrogen (secondary N) is 1. The molecule has 0 aliphatic heterocycles. The van der Waals surface area contributed by atoms with E-state index in [0.717, 1.165) is 0 Å². The predicted octanol–water partition coefficient (Wildman–Crippen LogP) is 2.31. The first kappa shape index (κ1) is 11.5. The molecule has 0 unspecified atom stereocenters. The summed E-state index contributed by atoms with van der Waals surface area (Å²) in [5, 5.41) is 9.51. The summed E-state index contributed by atoms with van der Waals surface area (Å²) in [7, 11) is 1.24. The molecule has 1 aromatic heterocycles. The SMILES string of the molecule is COC(=O)c1c(Cl)cc(C(=O)O)c2[nH]ccc12. The molecule has 17 heavy (non-hydrogen) atoms. The van der Waals surface area contributed by atoms with Crippen molar-refractivity contribution in [2.45, 2.75) is 0 Å². The van der Waals surface area contributed by atoms with Crippen LogP contribution in [-0.4, -0.2) is 29.1 Å². The minimum Gasteiger partial charge on any atom is -0.478 e. The van der Waals surface area contributed by atoms with Crippen LogP contribution in [0.5, 0.6) is 0 Å². The van der Waals surface area contributed by atoms with Crippen molar-refractivity contribution in [2.24, 2.45) is 0 Å². The molecule has 0 atom stereocenters. The van der Waals surface area contributed by atoms with Gasteiger partial charge in [0, 0.05) is 11.6 Å². The van der Waals surface area contributed by atoms with Crippen molar-refractivity contribution >= 4 is 34.4 Å². The molecule has 0 spiro atoms. The summed E-state index contributed by atoms with van der Waals surface area (Å²) in [5.74, 6) is -1.72. The third-order valence-electron chi connectivity index (χ3n) is 2.42. The van der Waals surface area contributed by atoms with Gasteiger partial charge in [0.15, 0.2) is 0 Å². The van der Waals surface area contributed by atoms with Crippen molar-refractivity contribution in [2.75, 3.05) is 7.11 Å². The molecular weight excluding hydrogens is 246 g/mol. The Bertz CT molecular complexity index is 617. The molecule has 6 heteroatoms. The molecule has 0 aliphatic carbocycles. The number of fused-ring (bicyclic) bond motifs is 1. The van der Waals surface area contributed by atoms with E-state index in [4.69, 9.17) is 16.7 Å². The van der Waals surface area contributed by atoms with E-state index < -0.39 is 11.9 Å². The summed E-state index contributed by atoms with van der Waals surface area (Å²) in [6.07, 6.45) is 1.54.